The van der Waals surface area contributed by atoms with Crippen molar-refractivity contribution in [2.75, 3.05) is 45.8 Å². The minimum absolute atomic E-state index is 0.0421. The summed E-state index contributed by atoms with van der Waals surface area (Å²) in [5.74, 6) is 0.0994. The van der Waals surface area contributed by atoms with Crippen molar-refractivity contribution in [2.45, 2.75) is 24.7 Å². The van der Waals surface area contributed by atoms with Gasteiger partial charge in [0, 0.05) is 32.7 Å². The minimum atomic E-state index is -3.72. The second-order valence-corrected chi connectivity index (χ2v) is 9.16. The molecule has 1 aromatic rings. The van der Waals surface area contributed by atoms with E-state index in [1.807, 2.05) is 0 Å². The SMILES string of the molecule is CC1CCCN(CC(=O)N2CCN(S(=O)(=O)c3cccc(F)c3)CC2)C1. The van der Waals surface area contributed by atoms with Gasteiger partial charge in [0.2, 0.25) is 15.9 Å². The van der Waals surface area contributed by atoms with Gasteiger partial charge in [-0.15, -0.1) is 0 Å². The molecule has 6 nitrogen and oxygen atoms in total. The summed E-state index contributed by atoms with van der Waals surface area (Å²) < 4.78 is 39.9. The molecular formula is C18H26FN3O3S. The molecule has 3 rings (SSSR count). The quantitative estimate of drug-likeness (QED) is 0.788. The fourth-order valence-corrected chi connectivity index (χ4v) is 5.13. The molecular weight excluding hydrogens is 357 g/mol. The van der Waals surface area contributed by atoms with Crippen LogP contribution >= 0.6 is 0 Å². The average molecular weight is 383 g/mol. The summed E-state index contributed by atoms with van der Waals surface area (Å²) >= 11 is 0. The van der Waals surface area contributed by atoms with E-state index in [1.165, 1.54) is 28.9 Å². The van der Waals surface area contributed by atoms with Crippen LogP contribution in [-0.4, -0.2) is 74.2 Å². The fourth-order valence-electron chi connectivity index (χ4n) is 3.68. The van der Waals surface area contributed by atoms with Gasteiger partial charge in [0.05, 0.1) is 11.4 Å². The van der Waals surface area contributed by atoms with Crippen molar-refractivity contribution in [1.82, 2.24) is 14.1 Å². The van der Waals surface area contributed by atoms with E-state index in [4.69, 9.17) is 0 Å². The van der Waals surface area contributed by atoms with Crippen LogP contribution in [0.4, 0.5) is 4.39 Å². The molecule has 2 saturated heterocycles. The fraction of sp³-hybridized carbons (Fsp3) is 0.611. The molecule has 0 aliphatic carbocycles. The van der Waals surface area contributed by atoms with Gasteiger partial charge in [0.1, 0.15) is 5.82 Å². The third-order valence-electron chi connectivity index (χ3n) is 5.13. The highest BCUT2D eigenvalue weighted by Crippen LogP contribution is 2.19. The van der Waals surface area contributed by atoms with E-state index in [9.17, 15) is 17.6 Å². The number of nitrogens with zero attached hydrogens (tertiary/aromatic N) is 3. The van der Waals surface area contributed by atoms with E-state index < -0.39 is 15.8 Å². The van der Waals surface area contributed by atoms with Crippen LogP contribution in [0, 0.1) is 11.7 Å². The highest BCUT2D eigenvalue weighted by atomic mass is 32.2. The molecule has 1 unspecified atom stereocenters. The third kappa shape index (κ3) is 4.42. The van der Waals surface area contributed by atoms with Gasteiger partial charge in [0.25, 0.3) is 0 Å². The molecule has 1 aromatic carbocycles. The van der Waals surface area contributed by atoms with Gasteiger partial charge in [-0.1, -0.05) is 13.0 Å². The van der Waals surface area contributed by atoms with Crippen molar-refractivity contribution >= 4 is 15.9 Å². The average Bonchev–Trinajstić information content (AvgIpc) is 2.62. The normalized spacial score (nSPS) is 23.2. The predicted molar refractivity (Wildman–Crippen MR) is 96.6 cm³/mol. The zero-order valence-electron chi connectivity index (χ0n) is 15.1. The molecule has 0 spiro atoms. The van der Waals surface area contributed by atoms with Gasteiger partial charge in [-0.05, 0) is 43.5 Å². The van der Waals surface area contributed by atoms with Crippen LogP contribution in [0.3, 0.4) is 0 Å². The molecule has 2 aliphatic rings. The van der Waals surface area contributed by atoms with Gasteiger partial charge in [0.15, 0.2) is 0 Å². The predicted octanol–water partition coefficient (Wildman–Crippen LogP) is 1.39. The molecule has 0 bridgehead atoms. The first kappa shape index (κ1) is 19.3. The first-order chi connectivity index (χ1) is 12.4. The molecule has 0 saturated carbocycles. The third-order valence-corrected chi connectivity index (χ3v) is 7.02. The number of rotatable bonds is 4. The Hall–Kier alpha value is -1.51. The van der Waals surface area contributed by atoms with Gasteiger partial charge < -0.3 is 4.90 Å². The maximum Gasteiger partial charge on any atom is 0.243 e. The lowest BCUT2D eigenvalue weighted by molar-refractivity contribution is -0.134. The van der Waals surface area contributed by atoms with Gasteiger partial charge >= 0.3 is 0 Å². The summed E-state index contributed by atoms with van der Waals surface area (Å²) in [7, 11) is -3.72. The van der Waals surface area contributed by atoms with Crippen molar-refractivity contribution in [3.05, 3.63) is 30.1 Å². The molecule has 2 aliphatic heterocycles. The summed E-state index contributed by atoms with van der Waals surface area (Å²) in [6.07, 6.45) is 2.33. The summed E-state index contributed by atoms with van der Waals surface area (Å²) in [4.78, 5) is 16.4. The summed E-state index contributed by atoms with van der Waals surface area (Å²) in [5.41, 5.74) is 0. The first-order valence-electron chi connectivity index (χ1n) is 9.12. The van der Waals surface area contributed by atoms with Crippen molar-refractivity contribution in [3.8, 4) is 0 Å². The van der Waals surface area contributed by atoms with Crippen LogP contribution in [0.15, 0.2) is 29.2 Å². The lowest BCUT2D eigenvalue weighted by Gasteiger charge is -2.36. The molecule has 0 aromatic heterocycles. The molecule has 144 valence electrons. The largest absolute Gasteiger partial charge is 0.339 e. The molecule has 1 atom stereocenters. The number of sulfonamides is 1. The molecule has 2 heterocycles. The standard InChI is InChI=1S/C18H26FN3O3S/c1-15-4-3-7-20(13-15)14-18(23)21-8-10-22(11-9-21)26(24,25)17-6-2-5-16(19)12-17/h2,5-6,12,15H,3-4,7-11,13-14H2,1H3. The Bertz CT molecular complexity index is 748. The number of hydrogen-bond donors (Lipinski definition) is 0. The Morgan fingerprint density at radius 2 is 1.92 bits per heavy atom. The topological polar surface area (TPSA) is 60.9 Å². The van der Waals surface area contributed by atoms with Crippen LogP contribution < -0.4 is 0 Å². The lowest BCUT2D eigenvalue weighted by Crippen LogP contribution is -2.53. The Labute approximate surface area is 154 Å². The number of piperidine rings is 1. The maximum absolute atomic E-state index is 13.3. The highest BCUT2D eigenvalue weighted by molar-refractivity contribution is 7.89. The molecule has 8 heteroatoms. The molecule has 0 radical (unpaired) electrons. The van der Waals surface area contributed by atoms with Crippen molar-refractivity contribution < 1.29 is 17.6 Å². The maximum atomic E-state index is 13.3. The van der Waals surface area contributed by atoms with Crippen LogP contribution in [0.2, 0.25) is 0 Å². The van der Waals surface area contributed by atoms with Crippen molar-refractivity contribution in [1.29, 1.82) is 0 Å². The molecule has 1 amide bonds. The number of likely N-dealkylation sites (tertiary alicyclic amines) is 1. The van der Waals surface area contributed by atoms with Crippen LogP contribution in [0.25, 0.3) is 0 Å². The van der Waals surface area contributed by atoms with Crippen LogP contribution in [0.5, 0.6) is 0 Å². The van der Waals surface area contributed by atoms with E-state index in [2.05, 4.69) is 11.8 Å². The van der Waals surface area contributed by atoms with Gasteiger partial charge in [-0.2, -0.15) is 4.31 Å². The van der Waals surface area contributed by atoms with E-state index in [0.717, 1.165) is 25.6 Å². The minimum Gasteiger partial charge on any atom is -0.339 e. The zero-order chi connectivity index (χ0) is 18.7. The zero-order valence-corrected chi connectivity index (χ0v) is 15.9. The monoisotopic (exact) mass is 383 g/mol. The summed E-state index contributed by atoms with van der Waals surface area (Å²) in [5, 5.41) is 0. The second kappa shape index (κ2) is 8.02. The number of piperazine rings is 1. The lowest BCUT2D eigenvalue weighted by atomic mass is 10.0. The van der Waals surface area contributed by atoms with Crippen LogP contribution in [-0.2, 0) is 14.8 Å². The van der Waals surface area contributed by atoms with E-state index >= 15 is 0 Å². The van der Waals surface area contributed by atoms with Gasteiger partial charge in [-0.3, -0.25) is 9.69 Å². The smallest absolute Gasteiger partial charge is 0.243 e. The number of halogens is 1. The van der Waals surface area contributed by atoms with Gasteiger partial charge in [-0.25, -0.2) is 12.8 Å². The first-order valence-corrected chi connectivity index (χ1v) is 10.6. The Morgan fingerprint density at radius 3 is 2.58 bits per heavy atom. The van der Waals surface area contributed by atoms with Crippen LogP contribution in [0.1, 0.15) is 19.8 Å². The van der Waals surface area contributed by atoms with E-state index in [-0.39, 0.29) is 23.9 Å². The number of carbonyl (C=O) groups excluding carboxylic acids is 1. The second-order valence-electron chi connectivity index (χ2n) is 7.22. The number of carbonyl (C=O) groups is 1. The number of amides is 1. The van der Waals surface area contributed by atoms with Crippen molar-refractivity contribution in [2.24, 2.45) is 5.92 Å². The highest BCUT2D eigenvalue weighted by Gasteiger charge is 2.31. The summed E-state index contributed by atoms with van der Waals surface area (Å²) in [6.45, 7) is 5.72. The molecule has 26 heavy (non-hydrogen) atoms. The van der Waals surface area contributed by atoms with Crippen molar-refractivity contribution in [3.63, 3.8) is 0 Å². The molecule has 2 fully saturated rings. The Morgan fingerprint density at radius 1 is 1.19 bits per heavy atom. The summed E-state index contributed by atoms with van der Waals surface area (Å²) in [6, 6.07) is 5.04. The molecule has 0 N–H and O–H groups in total. The van der Waals surface area contributed by atoms with E-state index in [1.54, 1.807) is 4.90 Å². The number of benzene rings is 1. The Balaban J connectivity index is 1.56. The Kier molecular flexibility index (Phi) is 5.94. The van der Waals surface area contributed by atoms with E-state index in [0.29, 0.717) is 25.6 Å². The number of hydrogen-bond acceptors (Lipinski definition) is 4.